The summed E-state index contributed by atoms with van der Waals surface area (Å²) in [5.41, 5.74) is 6.36. The molecule has 2 aromatic carbocycles. The number of aryl methyl sites for hydroxylation is 2. The Hall–Kier alpha value is -2.33. The summed E-state index contributed by atoms with van der Waals surface area (Å²) in [6.07, 6.45) is 2.66. The van der Waals surface area contributed by atoms with Crippen LogP contribution in [-0.4, -0.2) is 37.1 Å². The van der Waals surface area contributed by atoms with Gasteiger partial charge in [-0.15, -0.1) is 0 Å². The van der Waals surface area contributed by atoms with Gasteiger partial charge >= 0.3 is 0 Å². The number of aliphatic imine (C=N–C) groups is 1. The van der Waals surface area contributed by atoms with Crippen molar-refractivity contribution in [3.63, 3.8) is 0 Å². The Bertz CT molecular complexity index is 813. The Labute approximate surface area is 167 Å². The van der Waals surface area contributed by atoms with Crippen molar-refractivity contribution < 1.29 is 4.84 Å². The second-order valence-electron chi connectivity index (χ2n) is 6.66. The Kier molecular flexibility index (Phi) is 7.86. The van der Waals surface area contributed by atoms with E-state index in [2.05, 4.69) is 43.1 Å². The van der Waals surface area contributed by atoms with Crippen LogP contribution in [0.3, 0.4) is 0 Å². The van der Waals surface area contributed by atoms with E-state index in [1.54, 1.807) is 0 Å². The zero-order valence-electron chi connectivity index (χ0n) is 16.8. The number of hydrogen-bond donors (Lipinski definition) is 0. The van der Waals surface area contributed by atoms with Crippen LogP contribution < -0.4 is 0 Å². The Morgan fingerprint density at radius 2 is 1.85 bits per heavy atom. The van der Waals surface area contributed by atoms with E-state index in [-0.39, 0.29) is 0 Å². The molecule has 0 saturated heterocycles. The zero-order chi connectivity index (χ0) is 19.8. The normalized spacial score (nSPS) is 11.9. The fourth-order valence-electron chi connectivity index (χ4n) is 2.58. The first-order valence-electron chi connectivity index (χ1n) is 9.17. The summed E-state index contributed by atoms with van der Waals surface area (Å²) in [4.78, 5) is 12.1. The lowest BCUT2D eigenvalue weighted by molar-refractivity contribution is 0.147. The molecule has 0 aliphatic carbocycles. The molecule has 144 valence electrons. The van der Waals surface area contributed by atoms with Crippen molar-refractivity contribution in [1.29, 1.82) is 0 Å². The molecular weight excluding hydrogens is 358 g/mol. The van der Waals surface area contributed by atoms with Crippen LogP contribution in [0.1, 0.15) is 36.1 Å². The van der Waals surface area contributed by atoms with Crippen molar-refractivity contribution >= 4 is 29.3 Å². The van der Waals surface area contributed by atoms with Gasteiger partial charge in [-0.25, -0.2) is 4.99 Å². The summed E-state index contributed by atoms with van der Waals surface area (Å²) in [7, 11) is 2.01. The maximum atomic E-state index is 5.90. The molecule has 0 aliphatic heterocycles. The van der Waals surface area contributed by atoms with Gasteiger partial charge in [-0.1, -0.05) is 28.9 Å². The van der Waals surface area contributed by atoms with E-state index < -0.39 is 0 Å². The lowest BCUT2D eigenvalue weighted by atomic mass is 10.0. The summed E-state index contributed by atoms with van der Waals surface area (Å²) in [5, 5.41) is 5.03. The van der Waals surface area contributed by atoms with Crippen LogP contribution >= 0.6 is 11.6 Å². The van der Waals surface area contributed by atoms with Gasteiger partial charge in [0, 0.05) is 30.6 Å². The van der Waals surface area contributed by atoms with Gasteiger partial charge < -0.3 is 9.74 Å². The molecule has 0 N–H and O–H groups in total. The first-order valence-corrected chi connectivity index (χ1v) is 9.55. The van der Waals surface area contributed by atoms with E-state index in [1.165, 1.54) is 5.56 Å². The first kappa shape index (κ1) is 21.0. The zero-order valence-corrected chi connectivity index (χ0v) is 17.5. The van der Waals surface area contributed by atoms with Gasteiger partial charge in [0.05, 0.1) is 17.7 Å². The molecular formula is C22H28ClN3O. The lowest BCUT2D eigenvalue weighted by Crippen LogP contribution is -2.14. The number of oxime groups is 1. The minimum atomic E-state index is 0.530. The van der Waals surface area contributed by atoms with E-state index in [9.17, 15) is 0 Å². The molecule has 5 heteroatoms. The average Bonchev–Trinajstić information content (AvgIpc) is 2.66. The summed E-state index contributed by atoms with van der Waals surface area (Å²) in [5.74, 6) is 0. The molecule has 4 nitrogen and oxygen atoms in total. The molecule has 0 unspecified atom stereocenters. The number of halogens is 1. The Morgan fingerprint density at radius 3 is 2.52 bits per heavy atom. The molecule has 0 saturated carbocycles. The summed E-state index contributed by atoms with van der Waals surface area (Å²) in [6, 6.07) is 12.0. The van der Waals surface area contributed by atoms with Crippen LogP contribution in [0.25, 0.3) is 0 Å². The highest BCUT2D eigenvalue weighted by atomic mass is 35.5. The minimum absolute atomic E-state index is 0.530. The van der Waals surface area contributed by atoms with Crippen molar-refractivity contribution in [3.8, 4) is 0 Å². The highest BCUT2D eigenvalue weighted by Crippen LogP contribution is 2.24. The van der Waals surface area contributed by atoms with Gasteiger partial charge in [-0.2, -0.15) is 0 Å². The van der Waals surface area contributed by atoms with Gasteiger partial charge in [0.2, 0.25) is 0 Å². The van der Waals surface area contributed by atoms with Crippen molar-refractivity contribution in [2.24, 2.45) is 10.1 Å². The van der Waals surface area contributed by atoms with Crippen LogP contribution in [0.5, 0.6) is 0 Å². The topological polar surface area (TPSA) is 37.2 Å². The predicted octanol–water partition coefficient (Wildman–Crippen LogP) is 5.55. The largest absolute Gasteiger partial charge is 0.395 e. The molecule has 0 spiro atoms. The Morgan fingerprint density at radius 1 is 1.15 bits per heavy atom. The SMILES string of the molecule is CCN(C)/C=N\c1cc(C)c(/C(C)=N/OCCc2ccc(Cl)cc2)cc1C. The van der Waals surface area contributed by atoms with Crippen molar-refractivity contribution in [1.82, 2.24) is 4.90 Å². The maximum absolute atomic E-state index is 5.90. The molecule has 27 heavy (non-hydrogen) atoms. The number of rotatable bonds is 8. The summed E-state index contributed by atoms with van der Waals surface area (Å²) >= 11 is 5.90. The molecule has 0 radical (unpaired) electrons. The summed E-state index contributed by atoms with van der Waals surface area (Å²) in [6.45, 7) is 9.67. The van der Waals surface area contributed by atoms with Crippen LogP contribution in [0.2, 0.25) is 5.02 Å². The lowest BCUT2D eigenvalue weighted by Gasteiger charge is -2.12. The van der Waals surface area contributed by atoms with E-state index in [1.807, 2.05) is 49.5 Å². The van der Waals surface area contributed by atoms with E-state index in [0.717, 1.165) is 46.1 Å². The van der Waals surface area contributed by atoms with Crippen LogP contribution in [0, 0.1) is 13.8 Å². The van der Waals surface area contributed by atoms with Crippen LogP contribution in [0.4, 0.5) is 5.69 Å². The van der Waals surface area contributed by atoms with Gasteiger partial charge in [0.1, 0.15) is 6.61 Å². The van der Waals surface area contributed by atoms with E-state index in [4.69, 9.17) is 16.4 Å². The quantitative estimate of drug-likeness (QED) is 0.258. The highest BCUT2D eigenvalue weighted by molar-refractivity contribution is 6.30. The third kappa shape index (κ3) is 6.40. The van der Waals surface area contributed by atoms with Gasteiger partial charge in [0.15, 0.2) is 0 Å². The minimum Gasteiger partial charge on any atom is -0.395 e. The van der Waals surface area contributed by atoms with Crippen molar-refractivity contribution in [2.75, 3.05) is 20.2 Å². The van der Waals surface area contributed by atoms with Gasteiger partial charge in [0.25, 0.3) is 0 Å². The van der Waals surface area contributed by atoms with Gasteiger partial charge in [-0.05, 0) is 68.7 Å². The fourth-order valence-corrected chi connectivity index (χ4v) is 2.70. The second kappa shape index (κ2) is 10.1. The molecule has 2 rings (SSSR count). The number of nitrogens with zero attached hydrogens (tertiary/aromatic N) is 3. The number of hydrogen-bond acceptors (Lipinski definition) is 3. The third-order valence-corrected chi connectivity index (χ3v) is 4.67. The van der Waals surface area contributed by atoms with Crippen LogP contribution in [-0.2, 0) is 11.3 Å². The van der Waals surface area contributed by atoms with E-state index in [0.29, 0.717) is 6.61 Å². The van der Waals surface area contributed by atoms with Gasteiger partial charge in [-0.3, -0.25) is 0 Å². The third-order valence-electron chi connectivity index (χ3n) is 4.42. The number of benzene rings is 2. The fraction of sp³-hybridized carbons (Fsp3) is 0.364. The van der Waals surface area contributed by atoms with E-state index >= 15 is 0 Å². The molecule has 0 aromatic heterocycles. The molecule has 0 atom stereocenters. The van der Waals surface area contributed by atoms with Crippen LogP contribution in [0.15, 0.2) is 46.5 Å². The molecule has 0 bridgehead atoms. The first-order chi connectivity index (χ1) is 12.9. The summed E-state index contributed by atoms with van der Waals surface area (Å²) < 4.78 is 0. The molecule has 0 aliphatic rings. The molecule has 2 aromatic rings. The monoisotopic (exact) mass is 385 g/mol. The van der Waals surface area contributed by atoms with Crippen molar-refractivity contribution in [2.45, 2.75) is 34.1 Å². The van der Waals surface area contributed by atoms with Crippen molar-refractivity contribution in [3.05, 3.63) is 63.7 Å². The maximum Gasteiger partial charge on any atom is 0.121 e. The smallest absolute Gasteiger partial charge is 0.121 e. The molecule has 0 amide bonds. The second-order valence-corrected chi connectivity index (χ2v) is 7.09. The standard InChI is InChI=1S/C22H28ClN3O/c1-6-26(5)15-24-22-14-16(2)21(13-17(22)3)18(4)25-27-12-11-19-7-9-20(23)10-8-19/h7-10,13-15H,6,11-12H2,1-5H3/b24-15-,25-18+. The highest BCUT2D eigenvalue weighted by Gasteiger charge is 2.07. The molecule has 0 heterocycles. The average molecular weight is 386 g/mol. The molecule has 0 fully saturated rings. The Balaban J connectivity index is 2.01. The predicted molar refractivity (Wildman–Crippen MR) is 116 cm³/mol.